The number of carbonyl (C=O) groups is 1. The van der Waals surface area contributed by atoms with E-state index in [4.69, 9.17) is 5.11 Å². The Labute approximate surface area is 101 Å². The monoisotopic (exact) mass is 252 g/mol. The summed E-state index contributed by atoms with van der Waals surface area (Å²) in [7, 11) is 0. The number of hydrogen-bond acceptors (Lipinski definition) is 4. The number of carboxylic acids is 1. The van der Waals surface area contributed by atoms with Gasteiger partial charge in [-0.05, 0) is 25.5 Å². The fourth-order valence-electron chi connectivity index (χ4n) is 1.75. The van der Waals surface area contributed by atoms with Crippen LogP contribution in [-0.4, -0.2) is 20.6 Å². The summed E-state index contributed by atoms with van der Waals surface area (Å²) < 4.78 is 2.28. The molecule has 0 radical (unpaired) electrons. The molecule has 0 fully saturated rings. The van der Waals surface area contributed by atoms with Crippen molar-refractivity contribution in [1.29, 1.82) is 0 Å². The van der Waals surface area contributed by atoms with E-state index in [1.807, 2.05) is 19.9 Å². The molecule has 0 aromatic carbocycles. The Morgan fingerprint density at radius 1 is 1.53 bits per heavy atom. The van der Waals surface area contributed by atoms with Crippen LogP contribution < -0.4 is 4.87 Å². The van der Waals surface area contributed by atoms with Crippen LogP contribution in [0.15, 0.2) is 10.9 Å². The number of nitrogens with zero attached hydrogens (tertiary/aromatic N) is 2. The van der Waals surface area contributed by atoms with Crippen LogP contribution in [0.25, 0.3) is 10.3 Å². The van der Waals surface area contributed by atoms with Crippen molar-refractivity contribution >= 4 is 27.7 Å². The summed E-state index contributed by atoms with van der Waals surface area (Å²) in [6, 6.07) is 1.92. The van der Waals surface area contributed by atoms with Gasteiger partial charge in [-0.2, -0.15) is 0 Å². The average Bonchev–Trinajstić information content (AvgIpc) is 2.52. The van der Waals surface area contributed by atoms with Crippen molar-refractivity contribution < 1.29 is 9.90 Å². The zero-order valence-electron chi connectivity index (χ0n) is 9.56. The van der Waals surface area contributed by atoms with Crippen LogP contribution in [0.1, 0.15) is 17.7 Å². The molecule has 0 atom stereocenters. The van der Waals surface area contributed by atoms with E-state index < -0.39 is 5.97 Å². The lowest BCUT2D eigenvalue weighted by Crippen LogP contribution is -2.15. The number of aliphatic carboxylic acids is 1. The first-order chi connectivity index (χ1) is 7.99. The van der Waals surface area contributed by atoms with E-state index in [2.05, 4.69) is 4.98 Å². The molecule has 2 heterocycles. The molecule has 90 valence electrons. The molecule has 17 heavy (non-hydrogen) atoms. The van der Waals surface area contributed by atoms with E-state index in [9.17, 15) is 9.59 Å². The Morgan fingerprint density at radius 2 is 2.24 bits per heavy atom. The normalized spacial score (nSPS) is 10.9. The third-order valence-corrected chi connectivity index (χ3v) is 3.59. The van der Waals surface area contributed by atoms with Crippen LogP contribution in [-0.2, 0) is 11.3 Å². The average molecular weight is 252 g/mol. The molecule has 2 rings (SSSR count). The topological polar surface area (TPSA) is 72.2 Å². The van der Waals surface area contributed by atoms with Gasteiger partial charge in [-0.25, -0.2) is 4.98 Å². The molecule has 0 unspecified atom stereocenters. The van der Waals surface area contributed by atoms with Crippen LogP contribution in [0, 0.1) is 13.8 Å². The fourth-order valence-corrected chi connectivity index (χ4v) is 2.68. The Hall–Kier alpha value is -1.69. The second-order valence-corrected chi connectivity index (χ2v) is 4.86. The molecule has 2 aromatic rings. The Kier molecular flexibility index (Phi) is 2.97. The maximum Gasteiger partial charge on any atom is 0.309 e. The number of hydrogen-bond donors (Lipinski definition) is 1. The molecule has 0 saturated heterocycles. The molecule has 2 aromatic heterocycles. The summed E-state index contributed by atoms with van der Waals surface area (Å²) in [6.45, 7) is 3.95. The number of pyridine rings is 1. The highest BCUT2D eigenvalue weighted by molar-refractivity contribution is 7.16. The van der Waals surface area contributed by atoms with Crippen molar-refractivity contribution in [1.82, 2.24) is 9.55 Å². The van der Waals surface area contributed by atoms with Crippen molar-refractivity contribution in [3.05, 3.63) is 27.0 Å². The molecule has 5 nitrogen and oxygen atoms in total. The number of rotatable bonds is 3. The van der Waals surface area contributed by atoms with Gasteiger partial charge in [-0.15, -0.1) is 0 Å². The summed E-state index contributed by atoms with van der Waals surface area (Å²) in [5, 5.41) is 8.65. The van der Waals surface area contributed by atoms with Crippen LogP contribution >= 0.6 is 11.3 Å². The summed E-state index contributed by atoms with van der Waals surface area (Å²) in [5.74, 6) is -0.916. The molecule has 1 N–H and O–H groups in total. The second kappa shape index (κ2) is 4.29. The predicted octanol–water partition coefficient (Wildman–Crippen LogP) is 1.55. The zero-order chi connectivity index (χ0) is 12.6. The second-order valence-electron chi connectivity index (χ2n) is 3.90. The minimum atomic E-state index is -0.916. The van der Waals surface area contributed by atoms with E-state index in [1.165, 1.54) is 4.57 Å². The van der Waals surface area contributed by atoms with E-state index >= 15 is 0 Å². The third kappa shape index (κ3) is 2.21. The smallest absolute Gasteiger partial charge is 0.309 e. The lowest BCUT2D eigenvalue weighted by atomic mass is 10.2. The molecular weight excluding hydrogens is 240 g/mol. The largest absolute Gasteiger partial charge is 0.481 e. The molecule has 6 heteroatoms. The van der Waals surface area contributed by atoms with E-state index in [-0.39, 0.29) is 17.8 Å². The van der Waals surface area contributed by atoms with Gasteiger partial charge in [-0.1, -0.05) is 11.3 Å². The Balaban J connectivity index is 2.58. The van der Waals surface area contributed by atoms with Crippen LogP contribution in [0.5, 0.6) is 0 Å². The Morgan fingerprint density at radius 3 is 2.88 bits per heavy atom. The number of aryl methyl sites for hydroxylation is 3. The molecule has 0 aliphatic carbocycles. The van der Waals surface area contributed by atoms with Crippen LogP contribution in [0.2, 0.25) is 0 Å². The van der Waals surface area contributed by atoms with E-state index in [0.29, 0.717) is 5.65 Å². The maximum atomic E-state index is 11.8. The zero-order valence-corrected chi connectivity index (χ0v) is 10.4. The van der Waals surface area contributed by atoms with Gasteiger partial charge < -0.3 is 5.11 Å². The van der Waals surface area contributed by atoms with Crippen molar-refractivity contribution in [3.63, 3.8) is 0 Å². The van der Waals surface area contributed by atoms with Gasteiger partial charge in [-0.3, -0.25) is 14.2 Å². The first-order valence-electron chi connectivity index (χ1n) is 5.18. The van der Waals surface area contributed by atoms with Gasteiger partial charge in [0.05, 0.1) is 11.1 Å². The van der Waals surface area contributed by atoms with Gasteiger partial charge >= 0.3 is 10.8 Å². The first-order valence-corrected chi connectivity index (χ1v) is 6.00. The predicted molar refractivity (Wildman–Crippen MR) is 65.6 cm³/mol. The molecular formula is C11H12N2O3S. The molecule has 0 aliphatic rings. The minimum Gasteiger partial charge on any atom is -0.481 e. The van der Waals surface area contributed by atoms with E-state index in [0.717, 1.165) is 27.3 Å². The molecule has 0 aliphatic heterocycles. The lowest BCUT2D eigenvalue weighted by Gasteiger charge is -2.02. The van der Waals surface area contributed by atoms with Gasteiger partial charge in [0.25, 0.3) is 0 Å². The molecule has 0 saturated carbocycles. The first kappa shape index (κ1) is 11.8. The van der Waals surface area contributed by atoms with Crippen molar-refractivity contribution in [2.45, 2.75) is 26.8 Å². The highest BCUT2D eigenvalue weighted by Gasteiger charge is 2.12. The highest BCUT2D eigenvalue weighted by Crippen LogP contribution is 2.20. The number of aromatic nitrogens is 2. The summed E-state index contributed by atoms with van der Waals surface area (Å²) in [5.41, 5.74) is 2.43. The van der Waals surface area contributed by atoms with Gasteiger partial charge in [0.1, 0.15) is 0 Å². The maximum absolute atomic E-state index is 11.8. The van der Waals surface area contributed by atoms with Crippen LogP contribution in [0.3, 0.4) is 0 Å². The van der Waals surface area contributed by atoms with Crippen molar-refractivity contribution in [2.75, 3.05) is 0 Å². The summed E-state index contributed by atoms with van der Waals surface area (Å²) in [4.78, 5) is 26.5. The van der Waals surface area contributed by atoms with Gasteiger partial charge in [0.15, 0.2) is 5.65 Å². The number of fused-ring (bicyclic) bond motifs is 1. The minimum absolute atomic E-state index is 0.0690. The van der Waals surface area contributed by atoms with Crippen molar-refractivity contribution in [3.8, 4) is 0 Å². The lowest BCUT2D eigenvalue weighted by molar-refractivity contribution is -0.137. The standard InChI is InChI=1S/C11H12N2O3S/c1-6-5-7(2)12-10-9(6)17-11(16)13(10)4-3-8(14)15/h5H,3-4H2,1-2H3,(H,14,15). The summed E-state index contributed by atoms with van der Waals surface area (Å²) in [6.07, 6.45) is -0.0690. The number of thiazole rings is 1. The van der Waals surface area contributed by atoms with Gasteiger partial charge in [0, 0.05) is 12.2 Å². The van der Waals surface area contributed by atoms with Crippen molar-refractivity contribution in [2.24, 2.45) is 0 Å². The molecule has 0 bridgehead atoms. The highest BCUT2D eigenvalue weighted by atomic mass is 32.1. The SMILES string of the molecule is Cc1cc(C)c2sc(=O)n(CCC(=O)O)c2n1. The van der Waals surface area contributed by atoms with Crippen LogP contribution in [0.4, 0.5) is 0 Å². The molecule has 0 amide bonds. The third-order valence-electron chi connectivity index (χ3n) is 2.48. The fraction of sp³-hybridized carbons (Fsp3) is 0.364. The number of carboxylic acid groups (broad SMARTS) is 1. The Bertz CT molecular complexity index is 642. The van der Waals surface area contributed by atoms with E-state index in [1.54, 1.807) is 0 Å². The molecule has 0 spiro atoms. The quantitative estimate of drug-likeness (QED) is 0.899. The van der Waals surface area contributed by atoms with Gasteiger partial charge in [0.2, 0.25) is 0 Å². The summed E-state index contributed by atoms with van der Waals surface area (Å²) >= 11 is 1.12.